The zero-order valence-electron chi connectivity index (χ0n) is 12.8. The van der Waals surface area contributed by atoms with Crippen LogP contribution in [0.25, 0.3) is 0 Å². The number of nitrogens with zero attached hydrogens (tertiary/aromatic N) is 2. The van der Waals surface area contributed by atoms with Crippen molar-refractivity contribution in [1.29, 1.82) is 0 Å². The number of ether oxygens (including phenoxy) is 1. The first-order valence-corrected chi connectivity index (χ1v) is 7.98. The first-order valence-electron chi connectivity index (χ1n) is 7.19. The van der Waals surface area contributed by atoms with Crippen molar-refractivity contribution in [2.45, 2.75) is 25.8 Å². The molecule has 0 amide bonds. The molecule has 1 heterocycles. The summed E-state index contributed by atoms with van der Waals surface area (Å²) in [6, 6.07) is 8.41. The number of nitrogens with one attached hydrogen (secondary N) is 1. The summed E-state index contributed by atoms with van der Waals surface area (Å²) in [6.45, 7) is 3.15. The Morgan fingerprint density at radius 1 is 1.38 bits per heavy atom. The molecule has 0 saturated carbocycles. The van der Waals surface area contributed by atoms with Gasteiger partial charge in [0.05, 0.1) is 18.8 Å². The number of methoxy groups -OCH3 is 1. The van der Waals surface area contributed by atoms with E-state index in [0.717, 1.165) is 29.6 Å². The number of rotatable bonds is 7. The molecule has 0 aliphatic rings. The highest BCUT2D eigenvalue weighted by molar-refractivity contribution is 9.10. The number of aryl methyl sites for hydroxylation is 1. The van der Waals surface area contributed by atoms with Gasteiger partial charge in [-0.25, -0.2) is 0 Å². The van der Waals surface area contributed by atoms with Crippen LogP contribution in [-0.4, -0.2) is 23.4 Å². The molecule has 5 heteroatoms. The van der Waals surface area contributed by atoms with Gasteiger partial charge >= 0.3 is 0 Å². The predicted molar refractivity (Wildman–Crippen MR) is 88.6 cm³/mol. The van der Waals surface area contributed by atoms with Crippen molar-refractivity contribution < 1.29 is 4.74 Å². The molecule has 0 saturated heterocycles. The summed E-state index contributed by atoms with van der Waals surface area (Å²) >= 11 is 3.54. The van der Waals surface area contributed by atoms with Gasteiger partial charge in [-0.3, -0.25) is 4.68 Å². The standard InChI is InChI=1S/C16H22BrN3O/c1-4-8-18-14(15-7-9-19-20(15)2)11-12-10-13(17)5-6-16(12)21-3/h5-7,9-10,14,18H,4,8,11H2,1-3H3. The van der Waals surface area contributed by atoms with E-state index in [2.05, 4.69) is 45.4 Å². The van der Waals surface area contributed by atoms with Crippen molar-refractivity contribution in [3.05, 3.63) is 46.2 Å². The molecule has 1 aromatic carbocycles. The Morgan fingerprint density at radius 3 is 2.81 bits per heavy atom. The molecule has 0 fully saturated rings. The van der Waals surface area contributed by atoms with Crippen LogP contribution in [0.3, 0.4) is 0 Å². The van der Waals surface area contributed by atoms with Gasteiger partial charge in [0.15, 0.2) is 0 Å². The molecule has 0 aliphatic carbocycles. The molecule has 1 aromatic heterocycles. The van der Waals surface area contributed by atoms with Crippen molar-refractivity contribution >= 4 is 15.9 Å². The van der Waals surface area contributed by atoms with Crippen LogP contribution >= 0.6 is 15.9 Å². The molecule has 0 radical (unpaired) electrons. The normalized spacial score (nSPS) is 12.4. The zero-order valence-corrected chi connectivity index (χ0v) is 14.4. The Kier molecular flexibility index (Phi) is 5.82. The van der Waals surface area contributed by atoms with E-state index >= 15 is 0 Å². The second-order valence-corrected chi connectivity index (χ2v) is 5.96. The summed E-state index contributed by atoms with van der Waals surface area (Å²) in [5.74, 6) is 0.920. The summed E-state index contributed by atoms with van der Waals surface area (Å²) in [5, 5.41) is 7.88. The van der Waals surface area contributed by atoms with Crippen molar-refractivity contribution in [3.8, 4) is 5.75 Å². The van der Waals surface area contributed by atoms with E-state index in [1.807, 2.05) is 30.1 Å². The first-order chi connectivity index (χ1) is 10.2. The summed E-state index contributed by atoms with van der Waals surface area (Å²) in [7, 11) is 3.69. The van der Waals surface area contributed by atoms with Crippen LogP contribution in [0.1, 0.15) is 30.6 Å². The first kappa shape index (κ1) is 16.0. The summed E-state index contributed by atoms with van der Waals surface area (Å²) in [5.41, 5.74) is 2.37. The van der Waals surface area contributed by atoms with Gasteiger partial charge in [-0.2, -0.15) is 5.10 Å². The van der Waals surface area contributed by atoms with E-state index in [4.69, 9.17) is 4.74 Å². The molecule has 0 bridgehead atoms. The van der Waals surface area contributed by atoms with E-state index in [1.165, 1.54) is 11.3 Å². The highest BCUT2D eigenvalue weighted by Gasteiger charge is 2.17. The lowest BCUT2D eigenvalue weighted by Crippen LogP contribution is -2.26. The fourth-order valence-corrected chi connectivity index (χ4v) is 2.86. The molecule has 1 atom stereocenters. The molecule has 1 unspecified atom stereocenters. The molecule has 4 nitrogen and oxygen atoms in total. The Balaban J connectivity index is 2.26. The van der Waals surface area contributed by atoms with E-state index in [-0.39, 0.29) is 6.04 Å². The highest BCUT2D eigenvalue weighted by atomic mass is 79.9. The molecule has 2 aromatic rings. The van der Waals surface area contributed by atoms with Crippen LogP contribution < -0.4 is 10.1 Å². The van der Waals surface area contributed by atoms with Crippen LogP contribution in [0.2, 0.25) is 0 Å². The zero-order chi connectivity index (χ0) is 15.2. The maximum absolute atomic E-state index is 5.48. The molecule has 0 aliphatic heterocycles. The number of aromatic nitrogens is 2. The van der Waals surface area contributed by atoms with E-state index < -0.39 is 0 Å². The van der Waals surface area contributed by atoms with Gasteiger partial charge in [0.25, 0.3) is 0 Å². The molecular formula is C16H22BrN3O. The highest BCUT2D eigenvalue weighted by Crippen LogP contribution is 2.27. The molecule has 0 spiro atoms. The lowest BCUT2D eigenvalue weighted by Gasteiger charge is -2.20. The van der Waals surface area contributed by atoms with Crippen LogP contribution in [0.5, 0.6) is 5.75 Å². The number of benzene rings is 1. The number of halogens is 1. The van der Waals surface area contributed by atoms with Gasteiger partial charge in [-0.1, -0.05) is 22.9 Å². The Bertz CT molecular complexity index is 583. The predicted octanol–water partition coefficient (Wildman–Crippen LogP) is 3.47. The molecule has 2 rings (SSSR count). The van der Waals surface area contributed by atoms with Crippen LogP contribution in [0, 0.1) is 0 Å². The third-order valence-corrected chi connectivity index (χ3v) is 4.02. The van der Waals surface area contributed by atoms with Crippen LogP contribution in [-0.2, 0) is 13.5 Å². The summed E-state index contributed by atoms with van der Waals surface area (Å²) < 4.78 is 8.48. The summed E-state index contributed by atoms with van der Waals surface area (Å²) in [6.07, 6.45) is 3.81. The maximum Gasteiger partial charge on any atom is 0.122 e. The fraction of sp³-hybridized carbons (Fsp3) is 0.438. The average molecular weight is 352 g/mol. The topological polar surface area (TPSA) is 39.1 Å². The fourth-order valence-electron chi connectivity index (χ4n) is 2.45. The number of hydrogen-bond donors (Lipinski definition) is 1. The lowest BCUT2D eigenvalue weighted by atomic mass is 10.0. The molecule has 1 N–H and O–H groups in total. The smallest absolute Gasteiger partial charge is 0.122 e. The second-order valence-electron chi connectivity index (χ2n) is 5.05. The SMILES string of the molecule is CCCNC(Cc1cc(Br)ccc1OC)c1ccnn1C. The minimum absolute atomic E-state index is 0.223. The largest absolute Gasteiger partial charge is 0.496 e. The third kappa shape index (κ3) is 4.08. The monoisotopic (exact) mass is 351 g/mol. The van der Waals surface area contributed by atoms with E-state index in [0.29, 0.717) is 0 Å². The van der Waals surface area contributed by atoms with E-state index in [1.54, 1.807) is 7.11 Å². The Morgan fingerprint density at radius 2 is 2.19 bits per heavy atom. The Hall–Kier alpha value is -1.33. The van der Waals surface area contributed by atoms with Gasteiger partial charge < -0.3 is 10.1 Å². The lowest BCUT2D eigenvalue weighted by molar-refractivity contribution is 0.403. The van der Waals surface area contributed by atoms with Crippen molar-refractivity contribution in [1.82, 2.24) is 15.1 Å². The van der Waals surface area contributed by atoms with Crippen LogP contribution in [0.15, 0.2) is 34.9 Å². The Labute approximate surface area is 134 Å². The van der Waals surface area contributed by atoms with Gasteiger partial charge in [0, 0.05) is 17.7 Å². The minimum atomic E-state index is 0.223. The van der Waals surface area contributed by atoms with Crippen LogP contribution in [0.4, 0.5) is 0 Å². The number of hydrogen-bond acceptors (Lipinski definition) is 3. The maximum atomic E-state index is 5.48. The van der Waals surface area contributed by atoms with Gasteiger partial charge in [-0.05, 0) is 49.2 Å². The minimum Gasteiger partial charge on any atom is -0.496 e. The quantitative estimate of drug-likeness (QED) is 0.829. The molecule has 114 valence electrons. The molecular weight excluding hydrogens is 330 g/mol. The van der Waals surface area contributed by atoms with Gasteiger partial charge in [0.2, 0.25) is 0 Å². The third-order valence-electron chi connectivity index (χ3n) is 3.52. The van der Waals surface area contributed by atoms with E-state index in [9.17, 15) is 0 Å². The average Bonchev–Trinajstić information content (AvgIpc) is 2.90. The molecule has 21 heavy (non-hydrogen) atoms. The second kappa shape index (κ2) is 7.61. The van der Waals surface area contributed by atoms with Crippen molar-refractivity contribution in [3.63, 3.8) is 0 Å². The summed E-state index contributed by atoms with van der Waals surface area (Å²) in [4.78, 5) is 0. The van der Waals surface area contributed by atoms with Gasteiger partial charge in [0.1, 0.15) is 5.75 Å². The van der Waals surface area contributed by atoms with Gasteiger partial charge in [-0.15, -0.1) is 0 Å². The van der Waals surface area contributed by atoms with Crippen molar-refractivity contribution in [2.75, 3.05) is 13.7 Å². The van der Waals surface area contributed by atoms with Crippen molar-refractivity contribution in [2.24, 2.45) is 7.05 Å².